The average molecular weight is 468 g/mol. The summed E-state index contributed by atoms with van der Waals surface area (Å²) >= 11 is 0. The van der Waals surface area contributed by atoms with Crippen molar-refractivity contribution in [3.05, 3.63) is 24.3 Å². The highest BCUT2D eigenvalue weighted by Gasteiger charge is 2.59. The first-order chi connectivity index (χ1) is 15.6. The number of carboxylic acid groups (broad SMARTS) is 1. The van der Waals surface area contributed by atoms with Crippen LogP contribution in [-0.2, 0) is 14.3 Å². The Morgan fingerprint density at radius 2 is 1.79 bits per heavy atom. The van der Waals surface area contributed by atoms with E-state index < -0.39 is 23.9 Å². The molecule has 2 N–H and O–H groups in total. The van der Waals surface area contributed by atoms with Gasteiger partial charge in [-0.25, -0.2) is 0 Å². The normalized spacial score (nSPS) is 35.4. The zero-order valence-corrected chi connectivity index (χ0v) is 18.0. The van der Waals surface area contributed by atoms with Crippen molar-refractivity contribution in [3.8, 4) is 5.75 Å². The quantitative estimate of drug-likeness (QED) is 0.690. The molecule has 5 aliphatic rings. The minimum atomic E-state index is -4.74. The van der Waals surface area contributed by atoms with E-state index in [1.165, 1.54) is 24.3 Å². The van der Waals surface area contributed by atoms with Gasteiger partial charge in [0.15, 0.2) is 6.10 Å². The highest BCUT2D eigenvalue weighted by atomic mass is 19.4. The van der Waals surface area contributed by atoms with Crippen LogP contribution in [0.4, 0.5) is 18.9 Å². The van der Waals surface area contributed by atoms with Crippen molar-refractivity contribution in [1.82, 2.24) is 5.32 Å². The molecule has 5 fully saturated rings. The van der Waals surface area contributed by atoms with E-state index in [2.05, 4.69) is 10.1 Å². The van der Waals surface area contributed by atoms with Crippen LogP contribution in [0.1, 0.15) is 32.1 Å². The Kier molecular flexibility index (Phi) is 5.46. The van der Waals surface area contributed by atoms with Crippen molar-refractivity contribution >= 4 is 17.6 Å². The second-order valence-electron chi connectivity index (χ2n) is 9.94. The summed E-state index contributed by atoms with van der Waals surface area (Å²) in [5.74, 6) is -0.426. The highest BCUT2D eigenvalue weighted by Crippen LogP contribution is 2.60. The zero-order chi connectivity index (χ0) is 23.4. The number of benzene rings is 1. The summed E-state index contributed by atoms with van der Waals surface area (Å²) in [6.45, 7) is 1.12. The van der Waals surface area contributed by atoms with Crippen LogP contribution in [0.5, 0.6) is 5.75 Å². The van der Waals surface area contributed by atoms with E-state index in [0.717, 1.165) is 19.3 Å². The monoisotopic (exact) mass is 468 g/mol. The van der Waals surface area contributed by atoms with Crippen LogP contribution in [0.2, 0.25) is 0 Å². The minimum Gasteiger partial charge on any atom is -0.481 e. The van der Waals surface area contributed by atoms with Crippen LogP contribution < -0.4 is 15.0 Å². The van der Waals surface area contributed by atoms with E-state index >= 15 is 0 Å². The summed E-state index contributed by atoms with van der Waals surface area (Å²) in [5.41, 5.74) is 0.0568. The van der Waals surface area contributed by atoms with Crippen LogP contribution in [0.3, 0.4) is 0 Å². The molecule has 1 aromatic rings. The molecular weight excluding hydrogens is 441 g/mol. The Bertz CT molecular complexity index is 906. The van der Waals surface area contributed by atoms with Gasteiger partial charge in [0.2, 0.25) is 0 Å². The maximum atomic E-state index is 13.1. The van der Waals surface area contributed by atoms with E-state index in [9.17, 15) is 27.9 Å². The molecule has 4 saturated carbocycles. The third kappa shape index (κ3) is 4.37. The Morgan fingerprint density at radius 1 is 1.12 bits per heavy atom. The van der Waals surface area contributed by atoms with Gasteiger partial charge in [-0.3, -0.25) is 9.59 Å². The van der Waals surface area contributed by atoms with Crippen molar-refractivity contribution in [1.29, 1.82) is 0 Å². The number of anilines is 1. The van der Waals surface area contributed by atoms with Crippen molar-refractivity contribution in [2.24, 2.45) is 23.2 Å². The molecule has 6 rings (SSSR count). The lowest BCUT2D eigenvalue weighted by Crippen LogP contribution is -2.62. The molecule has 2 unspecified atom stereocenters. The van der Waals surface area contributed by atoms with Gasteiger partial charge in [0.1, 0.15) is 5.75 Å². The lowest BCUT2D eigenvalue weighted by molar-refractivity contribution is -0.274. The Hall–Kier alpha value is -2.49. The number of morpholine rings is 1. The van der Waals surface area contributed by atoms with Crippen LogP contribution in [0.15, 0.2) is 24.3 Å². The molecular formula is C23H27F3N2O5. The molecule has 180 valence electrons. The Morgan fingerprint density at radius 3 is 2.39 bits per heavy atom. The summed E-state index contributed by atoms with van der Waals surface area (Å²) in [5, 5.41) is 13.0. The number of hydrogen-bond donors (Lipinski definition) is 2. The third-order valence-corrected chi connectivity index (χ3v) is 7.83. The van der Waals surface area contributed by atoms with Crippen molar-refractivity contribution in [2.75, 3.05) is 24.6 Å². The number of carbonyl (C=O) groups excluding carboxylic acids is 1. The molecule has 1 heterocycles. The van der Waals surface area contributed by atoms with Gasteiger partial charge in [-0.1, -0.05) is 0 Å². The number of aliphatic carboxylic acids is 1. The van der Waals surface area contributed by atoms with E-state index in [1.807, 2.05) is 4.90 Å². The summed E-state index contributed by atoms with van der Waals surface area (Å²) in [4.78, 5) is 26.9. The van der Waals surface area contributed by atoms with E-state index in [0.29, 0.717) is 37.6 Å². The van der Waals surface area contributed by atoms with E-state index in [4.69, 9.17) is 4.74 Å². The van der Waals surface area contributed by atoms with Gasteiger partial charge in [0, 0.05) is 18.3 Å². The van der Waals surface area contributed by atoms with Crippen molar-refractivity contribution < 1.29 is 37.3 Å². The molecule has 4 aliphatic carbocycles. The molecule has 0 spiro atoms. The fourth-order valence-electron chi connectivity index (χ4n) is 6.68. The number of nitrogens with one attached hydrogen (secondary N) is 1. The summed E-state index contributed by atoms with van der Waals surface area (Å²) in [6, 6.07) is 5.54. The Labute approximate surface area is 189 Å². The summed E-state index contributed by atoms with van der Waals surface area (Å²) < 4.78 is 46.8. The molecule has 1 amide bonds. The molecule has 1 aromatic carbocycles. The van der Waals surface area contributed by atoms with Crippen LogP contribution in [-0.4, -0.2) is 55.2 Å². The van der Waals surface area contributed by atoms with Crippen molar-refractivity contribution in [2.45, 2.75) is 50.6 Å². The lowest BCUT2D eigenvalue weighted by atomic mass is 9.48. The van der Waals surface area contributed by atoms with Gasteiger partial charge in [0.05, 0.1) is 18.6 Å². The zero-order valence-electron chi connectivity index (χ0n) is 18.0. The number of carbonyl (C=O) groups is 2. The second kappa shape index (κ2) is 8.07. The topological polar surface area (TPSA) is 88.1 Å². The van der Waals surface area contributed by atoms with Crippen LogP contribution in [0.25, 0.3) is 0 Å². The molecule has 10 heteroatoms. The second-order valence-corrected chi connectivity index (χ2v) is 9.94. The van der Waals surface area contributed by atoms with Crippen LogP contribution in [0, 0.1) is 23.2 Å². The molecule has 7 nitrogen and oxygen atoms in total. The predicted molar refractivity (Wildman–Crippen MR) is 111 cm³/mol. The number of hydrogen-bond acceptors (Lipinski definition) is 5. The van der Waals surface area contributed by atoms with Gasteiger partial charge in [-0.05, 0) is 74.1 Å². The van der Waals surface area contributed by atoms with Gasteiger partial charge < -0.3 is 24.8 Å². The first kappa shape index (κ1) is 22.3. The molecule has 1 aliphatic heterocycles. The van der Waals surface area contributed by atoms with Gasteiger partial charge in [-0.15, -0.1) is 13.2 Å². The molecule has 0 radical (unpaired) electrons. The predicted octanol–water partition coefficient (Wildman–Crippen LogP) is 3.19. The lowest BCUT2D eigenvalue weighted by Gasteiger charge is -2.58. The van der Waals surface area contributed by atoms with Gasteiger partial charge >= 0.3 is 12.3 Å². The first-order valence-electron chi connectivity index (χ1n) is 11.4. The number of amides is 1. The number of ether oxygens (including phenoxy) is 2. The molecule has 0 aromatic heterocycles. The number of nitrogens with zero attached hydrogens (tertiary/aromatic N) is 1. The smallest absolute Gasteiger partial charge is 0.481 e. The Balaban J connectivity index is 1.21. The maximum Gasteiger partial charge on any atom is 0.573 e. The largest absolute Gasteiger partial charge is 0.573 e. The number of carboxylic acids is 1. The van der Waals surface area contributed by atoms with E-state index in [-0.39, 0.29) is 36.1 Å². The standard InChI is InChI=1S/C23H27F3N2O5/c24-23(25,26)33-17-3-1-16(2-4-17)28-5-6-32-18(12-28)20(29)27-19-14-7-13-8-15(19)11-22(9-13,10-14)21(30)31/h1-4,13-15,18-19H,5-12H2,(H,27,29)(H,30,31)/t13?,14?,15?,18-,19?,22?/m1/s1. The fourth-order valence-corrected chi connectivity index (χ4v) is 6.68. The summed E-state index contributed by atoms with van der Waals surface area (Å²) in [6.07, 6.45) is -1.54. The SMILES string of the molecule is O=C(NC1C2CC3CC1CC(C(=O)O)(C3)C2)[C@H]1CN(c2ccc(OC(F)(F)F)cc2)CCO1. The molecule has 4 bridgehead atoms. The maximum absolute atomic E-state index is 13.1. The number of rotatable bonds is 5. The van der Waals surface area contributed by atoms with Gasteiger partial charge in [0.25, 0.3) is 5.91 Å². The average Bonchev–Trinajstić information content (AvgIpc) is 2.75. The molecule has 1 saturated heterocycles. The molecule has 33 heavy (non-hydrogen) atoms. The van der Waals surface area contributed by atoms with Gasteiger partial charge in [-0.2, -0.15) is 0 Å². The number of alkyl halides is 3. The van der Waals surface area contributed by atoms with Crippen molar-refractivity contribution in [3.63, 3.8) is 0 Å². The fraction of sp³-hybridized carbons (Fsp3) is 0.652. The molecule has 3 atom stereocenters. The third-order valence-electron chi connectivity index (χ3n) is 7.83. The first-order valence-corrected chi connectivity index (χ1v) is 11.4. The number of halogens is 3. The van der Waals surface area contributed by atoms with Crippen LogP contribution >= 0.6 is 0 Å². The van der Waals surface area contributed by atoms with E-state index in [1.54, 1.807) is 0 Å². The minimum absolute atomic E-state index is 0.0284. The highest BCUT2D eigenvalue weighted by molar-refractivity contribution is 5.82. The summed E-state index contributed by atoms with van der Waals surface area (Å²) in [7, 11) is 0.